The Kier molecular flexibility index (Phi) is 2.81. The molecule has 2 aromatic heterocycles. The third kappa shape index (κ3) is 2.06. The third-order valence-corrected chi connectivity index (χ3v) is 3.82. The first-order valence-corrected chi connectivity index (χ1v) is 5.96. The molecule has 0 aromatic carbocycles. The van der Waals surface area contributed by atoms with Crippen LogP contribution in [0, 0.1) is 10.1 Å². The van der Waals surface area contributed by atoms with E-state index < -0.39 is 4.92 Å². The normalized spacial score (nSPS) is 12.6. The van der Waals surface area contributed by atoms with E-state index in [-0.39, 0.29) is 11.0 Å². The summed E-state index contributed by atoms with van der Waals surface area (Å²) in [5.74, 6) is 0. The van der Waals surface area contributed by atoms with E-state index in [0.717, 1.165) is 21.8 Å². The van der Waals surface area contributed by atoms with E-state index in [4.69, 9.17) is 5.73 Å². The number of thiophene rings is 2. The number of nitro groups is 1. The summed E-state index contributed by atoms with van der Waals surface area (Å²) in [7, 11) is 0. The van der Waals surface area contributed by atoms with E-state index in [0.29, 0.717) is 0 Å². The van der Waals surface area contributed by atoms with Gasteiger partial charge in [-0.2, -0.15) is 11.3 Å². The van der Waals surface area contributed by atoms with Crippen LogP contribution in [0.1, 0.15) is 16.5 Å². The molecular weight excluding hydrogens is 232 g/mol. The van der Waals surface area contributed by atoms with E-state index >= 15 is 0 Å². The van der Waals surface area contributed by atoms with Crippen molar-refractivity contribution in [1.82, 2.24) is 0 Å². The van der Waals surface area contributed by atoms with Gasteiger partial charge < -0.3 is 5.73 Å². The second-order valence-electron chi connectivity index (χ2n) is 2.97. The molecule has 2 heterocycles. The zero-order chi connectivity index (χ0) is 10.8. The van der Waals surface area contributed by atoms with E-state index in [1.807, 2.05) is 16.8 Å². The summed E-state index contributed by atoms with van der Waals surface area (Å²) in [6.07, 6.45) is 0. The molecule has 15 heavy (non-hydrogen) atoms. The second kappa shape index (κ2) is 4.09. The molecular formula is C9H8N2O2S2. The van der Waals surface area contributed by atoms with Crippen LogP contribution in [0.5, 0.6) is 0 Å². The molecule has 0 saturated carbocycles. The van der Waals surface area contributed by atoms with Gasteiger partial charge in [-0.05, 0) is 28.5 Å². The highest BCUT2D eigenvalue weighted by atomic mass is 32.1. The van der Waals surface area contributed by atoms with Crippen LogP contribution < -0.4 is 5.73 Å². The van der Waals surface area contributed by atoms with E-state index in [2.05, 4.69) is 0 Å². The van der Waals surface area contributed by atoms with E-state index in [9.17, 15) is 10.1 Å². The molecule has 0 radical (unpaired) electrons. The van der Waals surface area contributed by atoms with Crippen molar-refractivity contribution in [2.45, 2.75) is 6.04 Å². The highest BCUT2D eigenvalue weighted by Crippen LogP contribution is 2.31. The molecule has 1 atom stereocenters. The van der Waals surface area contributed by atoms with Gasteiger partial charge in [-0.3, -0.25) is 10.1 Å². The standard InChI is InChI=1S/C9H8N2O2S2/c10-9(6-3-4-14-5-6)7-1-2-8(15-7)11(12)13/h1-5,9H,10H2/t9-/m0/s1. The van der Waals surface area contributed by atoms with Gasteiger partial charge >= 0.3 is 5.00 Å². The molecule has 0 aliphatic carbocycles. The van der Waals surface area contributed by atoms with Crippen molar-refractivity contribution in [3.05, 3.63) is 49.5 Å². The zero-order valence-corrected chi connectivity index (χ0v) is 9.25. The third-order valence-electron chi connectivity index (χ3n) is 2.00. The lowest BCUT2D eigenvalue weighted by Crippen LogP contribution is -2.08. The molecule has 4 nitrogen and oxygen atoms in total. The first-order valence-electron chi connectivity index (χ1n) is 4.20. The fourth-order valence-electron chi connectivity index (χ4n) is 1.22. The fraction of sp³-hybridized carbons (Fsp3) is 0.111. The summed E-state index contributed by atoms with van der Waals surface area (Å²) in [6, 6.07) is 4.88. The van der Waals surface area contributed by atoms with Crippen LogP contribution in [-0.2, 0) is 0 Å². The highest BCUT2D eigenvalue weighted by molar-refractivity contribution is 7.15. The van der Waals surface area contributed by atoms with Gasteiger partial charge in [0.05, 0.1) is 11.0 Å². The molecule has 2 aromatic rings. The average Bonchev–Trinajstić information content (AvgIpc) is 2.88. The van der Waals surface area contributed by atoms with Crippen molar-refractivity contribution in [2.75, 3.05) is 0 Å². The smallest absolute Gasteiger partial charge is 0.320 e. The molecule has 0 saturated heterocycles. The van der Waals surface area contributed by atoms with Crippen LogP contribution in [-0.4, -0.2) is 4.92 Å². The van der Waals surface area contributed by atoms with Gasteiger partial charge in [-0.1, -0.05) is 11.3 Å². The Morgan fingerprint density at radius 3 is 2.73 bits per heavy atom. The second-order valence-corrected chi connectivity index (χ2v) is 4.84. The van der Waals surface area contributed by atoms with Crippen LogP contribution >= 0.6 is 22.7 Å². The summed E-state index contributed by atoms with van der Waals surface area (Å²) in [5.41, 5.74) is 6.97. The molecule has 0 aliphatic heterocycles. The Morgan fingerprint density at radius 1 is 1.40 bits per heavy atom. The maximum Gasteiger partial charge on any atom is 0.324 e. The Labute approximate surface area is 94.1 Å². The minimum absolute atomic E-state index is 0.135. The van der Waals surface area contributed by atoms with Crippen LogP contribution in [0.4, 0.5) is 5.00 Å². The molecule has 0 amide bonds. The number of nitrogens with two attached hydrogens (primary N) is 1. The number of hydrogen-bond donors (Lipinski definition) is 1. The Morgan fingerprint density at radius 2 is 2.20 bits per heavy atom. The van der Waals surface area contributed by atoms with Crippen LogP contribution in [0.3, 0.4) is 0 Å². The lowest BCUT2D eigenvalue weighted by Gasteiger charge is -2.05. The molecule has 0 spiro atoms. The van der Waals surface area contributed by atoms with Crippen LogP contribution in [0.15, 0.2) is 29.0 Å². The molecule has 6 heteroatoms. The monoisotopic (exact) mass is 240 g/mol. The number of hydrogen-bond acceptors (Lipinski definition) is 5. The van der Waals surface area contributed by atoms with Crippen molar-refractivity contribution in [3.63, 3.8) is 0 Å². The number of nitrogens with zero attached hydrogens (tertiary/aromatic N) is 1. The molecule has 0 bridgehead atoms. The SMILES string of the molecule is N[C@@H](c1ccsc1)c1ccc([N+](=O)[O-])s1. The van der Waals surface area contributed by atoms with Crippen molar-refractivity contribution in [3.8, 4) is 0 Å². The van der Waals surface area contributed by atoms with Crippen molar-refractivity contribution in [2.24, 2.45) is 5.73 Å². The van der Waals surface area contributed by atoms with Gasteiger partial charge in [0.15, 0.2) is 0 Å². The van der Waals surface area contributed by atoms with E-state index in [1.54, 1.807) is 17.4 Å². The average molecular weight is 240 g/mol. The maximum atomic E-state index is 10.5. The lowest BCUT2D eigenvalue weighted by molar-refractivity contribution is -0.380. The van der Waals surface area contributed by atoms with Crippen LogP contribution in [0.25, 0.3) is 0 Å². The molecule has 2 rings (SSSR count). The summed E-state index contributed by atoms with van der Waals surface area (Å²) >= 11 is 2.69. The van der Waals surface area contributed by atoms with E-state index in [1.165, 1.54) is 6.07 Å². The Balaban J connectivity index is 2.26. The van der Waals surface area contributed by atoms with Gasteiger partial charge in [0.25, 0.3) is 0 Å². The summed E-state index contributed by atoms with van der Waals surface area (Å²) in [6.45, 7) is 0. The quantitative estimate of drug-likeness (QED) is 0.662. The minimum atomic E-state index is -0.394. The Hall–Kier alpha value is -1.24. The molecule has 0 fully saturated rings. The van der Waals surface area contributed by atoms with Crippen LogP contribution in [0.2, 0.25) is 0 Å². The topological polar surface area (TPSA) is 69.2 Å². The lowest BCUT2D eigenvalue weighted by atomic mass is 10.1. The maximum absolute atomic E-state index is 10.5. The highest BCUT2D eigenvalue weighted by Gasteiger charge is 2.16. The predicted molar refractivity (Wildman–Crippen MR) is 61.3 cm³/mol. The molecule has 78 valence electrons. The Bertz CT molecular complexity index is 464. The summed E-state index contributed by atoms with van der Waals surface area (Å²) < 4.78 is 0. The van der Waals surface area contributed by atoms with Crippen molar-refractivity contribution >= 4 is 27.7 Å². The first kappa shape index (κ1) is 10.3. The van der Waals surface area contributed by atoms with Gasteiger partial charge in [0, 0.05) is 10.9 Å². The summed E-state index contributed by atoms with van der Waals surface area (Å²) in [4.78, 5) is 10.9. The molecule has 0 aliphatic rings. The molecule has 0 unspecified atom stereocenters. The van der Waals surface area contributed by atoms with Gasteiger partial charge in [-0.15, -0.1) is 0 Å². The van der Waals surface area contributed by atoms with Gasteiger partial charge in [0.1, 0.15) is 0 Å². The van der Waals surface area contributed by atoms with Gasteiger partial charge in [0.2, 0.25) is 0 Å². The number of rotatable bonds is 3. The van der Waals surface area contributed by atoms with Gasteiger partial charge in [-0.25, -0.2) is 0 Å². The molecule has 2 N–H and O–H groups in total. The largest absolute Gasteiger partial charge is 0.324 e. The zero-order valence-electron chi connectivity index (χ0n) is 7.62. The van der Waals surface area contributed by atoms with Crippen molar-refractivity contribution in [1.29, 1.82) is 0 Å². The first-order chi connectivity index (χ1) is 7.18. The summed E-state index contributed by atoms with van der Waals surface area (Å²) in [5, 5.41) is 14.5. The predicted octanol–water partition coefficient (Wildman–Crippen LogP) is 2.77. The fourth-order valence-corrected chi connectivity index (χ4v) is 2.77. The van der Waals surface area contributed by atoms with Crippen molar-refractivity contribution < 1.29 is 4.92 Å². The minimum Gasteiger partial charge on any atom is -0.320 e.